The fourth-order valence-electron chi connectivity index (χ4n) is 5.50. The van der Waals surface area contributed by atoms with E-state index in [0.717, 1.165) is 32.7 Å². The van der Waals surface area contributed by atoms with Crippen LogP contribution in [0.5, 0.6) is 0 Å². The van der Waals surface area contributed by atoms with Crippen LogP contribution in [0.1, 0.15) is 134 Å². The fourth-order valence-corrected chi connectivity index (χ4v) is 5.50. The second-order valence-electron chi connectivity index (χ2n) is 11.0. The standard InChI is InChI=1S/C32H57NO2/c1-2-3-4-5-6-7-8-9-10-11-12-13-14-15-16-20-27-35-29-32(34)28-33-25-23-31(24-26-33)30-21-18-17-19-22-30/h17-19,21-22,31-32,34H,2-16,20,23-29H2,1H3. The molecule has 35 heavy (non-hydrogen) atoms. The summed E-state index contributed by atoms with van der Waals surface area (Å²) >= 11 is 0. The van der Waals surface area contributed by atoms with Gasteiger partial charge in [0.1, 0.15) is 0 Å². The molecule has 0 saturated carbocycles. The lowest BCUT2D eigenvalue weighted by atomic mass is 9.89. The van der Waals surface area contributed by atoms with Gasteiger partial charge in [-0.15, -0.1) is 0 Å². The van der Waals surface area contributed by atoms with Gasteiger partial charge in [0.15, 0.2) is 0 Å². The Morgan fingerprint density at radius 3 is 1.74 bits per heavy atom. The van der Waals surface area contributed by atoms with Crippen molar-refractivity contribution in [2.24, 2.45) is 0 Å². The lowest BCUT2D eigenvalue weighted by Gasteiger charge is -2.33. The third-order valence-electron chi connectivity index (χ3n) is 7.78. The number of piperidine rings is 1. The van der Waals surface area contributed by atoms with Crippen LogP contribution in [0, 0.1) is 0 Å². The summed E-state index contributed by atoms with van der Waals surface area (Å²) in [7, 11) is 0. The zero-order chi connectivity index (χ0) is 24.8. The maximum atomic E-state index is 10.4. The molecule has 0 aliphatic carbocycles. The number of rotatable bonds is 22. The smallest absolute Gasteiger partial charge is 0.0900 e. The summed E-state index contributed by atoms with van der Waals surface area (Å²) in [6.45, 7) is 6.48. The average Bonchev–Trinajstić information content (AvgIpc) is 2.89. The van der Waals surface area contributed by atoms with E-state index in [0.29, 0.717) is 12.5 Å². The molecule has 0 spiro atoms. The molecule has 1 aromatic rings. The minimum Gasteiger partial charge on any atom is -0.389 e. The van der Waals surface area contributed by atoms with E-state index in [2.05, 4.69) is 42.2 Å². The molecule has 1 atom stereocenters. The Kier molecular flexibility index (Phi) is 18.4. The van der Waals surface area contributed by atoms with E-state index >= 15 is 0 Å². The van der Waals surface area contributed by atoms with Gasteiger partial charge in [0, 0.05) is 13.2 Å². The summed E-state index contributed by atoms with van der Waals surface area (Å²) < 4.78 is 5.77. The number of nitrogens with zero attached hydrogens (tertiary/aromatic N) is 1. The number of aliphatic hydroxyl groups excluding tert-OH is 1. The van der Waals surface area contributed by atoms with E-state index in [9.17, 15) is 5.11 Å². The summed E-state index contributed by atoms with van der Waals surface area (Å²) in [5.41, 5.74) is 1.47. The largest absolute Gasteiger partial charge is 0.389 e. The third kappa shape index (κ3) is 15.7. The van der Waals surface area contributed by atoms with Crippen LogP contribution in [-0.4, -0.2) is 49.0 Å². The molecule has 0 amide bonds. The topological polar surface area (TPSA) is 32.7 Å². The van der Waals surface area contributed by atoms with Crippen LogP contribution in [0.3, 0.4) is 0 Å². The van der Waals surface area contributed by atoms with Crippen molar-refractivity contribution < 1.29 is 9.84 Å². The second-order valence-corrected chi connectivity index (χ2v) is 11.0. The van der Waals surface area contributed by atoms with E-state index in [-0.39, 0.29) is 6.10 Å². The average molecular weight is 488 g/mol. The summed E-state index contributed by atoms with van der Waals surface area (Å²) in [6.07, 6.45) is 24.3. The first kappa shape index (κ1) is 30.3. The van der Waals surface area contributed by atoms with E-state index in [1.807, 2.05) is 0 Å². The maximum absolute atomic E-state index is 10.4. The van der Waals surface area contributed by atoms with Crippen molar-refractivity contribution >= 4 is 0 Å². The molecule has 1 aliphatic rings. The number of ether oxygens (including phenoxy) is 1. The predicted molar refractivity (Wildman–Crippen MR) is 151 cm³/mol. The Labute approximate surface area is 218 Å². The number of benzene rings is 1. The highest BCUT2D eigenvalue weighted by Gasteiger charge is 2.22. The Balaban J connectivity index is 1.29. The highest BCUT2D eigenvalue weighted by atomic mass is 16.5. The summed E-state index contributed by atoms with van der Waals surface area (Å²) in [4.78, 5) is 2.40. The van der Waals surface area contributed by atoms with E-state index in [1.165, 1.54) is 115 Å². The predicted octanol–water partition coefficient (Wildman–Crippen LogP) is 8.51. The van der Waals surface area contributed by atoms with Gasteiger partial charge in [-0.05, 0) is 43.8 Å². The minimum atomic E-state index is -0.357. The van der Waals surface area contributed by atoms with Crippen molar-refractivity contribution in [1.82, 2.24) is 4.90 Å². The molecular weight excluding hydrogens is 430 g/mol. The maximum Gasteiger partial charge on any atom is 0.0900 e. The van der Waals surface area contributed by atoms with Crippen LogP contribution < -0.4 is 0 Å². The third-order valence-corrected chi connectivity index (χ3v) is 7.78. The molecule has 1 fully saturated rings. The van der Waals surface area contributed by atoms with Crippen molar-refractivity contribution in [3.63, 3.8) is 0 Å². The first-order chi connectivity index (χ1) is 17.3. The molecule has 1 aromatic carbocycles. The van der Waals surface area contributed by atoms with Crippen LogP contribution in [0.4, 0.5) is 0 Å². The molecule has 0 aromatic heterocycles. The van der Waals surface area contributed by atoms with Gasteiger partial charge in [-0.25, -0.2) is 0 Å². The van der Waals surface area contributed by atoms with Gasteiger partial charge in [-0.2, -0.15) is 0 Å². The van der Waals surface area contributed by atoms with Gasteiger partial charge in [0.05, 0.1) is 12.7 Å². The normalized spacial score (nSPS) is 16.1. The SMILES string of the molecule is CCCCCCCCCCCCCCCCCCOCC(O)CN1CCC(c2ccccc2)CC1. The summed E-state index contributed by atoms with van der Waals surface area (Å²) in [5, 5.41) is 10.4. The molecule has 0 bridgehead atoms. The van der Waals surface area contributed by atoms with Gasteiger partial charge in [0.2, 0.25) is 0 Å². The highest BCUT2D eigenvalue weighted by molar-refractivity contribution is 5.20. The van der Waals surface area contributed by atoms with Crippen molar-refractivity contribution in [2.75, 3.05) is 32.8 Å². The zero-order valence-corrected chi connectivity index (χ0v) is 23.1. The first-order valence-electron chi connectivity index (χ1n) is 15.3. The van der Waals surface area contributed by atoms with Gasteiger partial charge < -0.3 is 14.7 Å². The highest BCUT2D eigenvalue weighted by Crippen LogP contribution is 2.27. The zero-order valence-electron chi connectivity index (χ0n) is 23.1. The number of hydrogen-bond acceptors (Lipinski definition) is 3. The molecule has 1 heterocycles. The Morgan fingerprint density at radius 2 is 1.23 bits per heavy atom. The number of hydrogen-bond donors (Lipinski definition) is 1. The molecule has 1 aliphatic heterocycles. The molecule has 3 nitrogen and oxygen atoms in total. The van der Waals surface area contributed by atoms with Gasteiger partial charge in [0.25, 0.3) is 0 Å². The van der Waals surface area contributed by atoms with Crippen LogP contribution in [0.25, 0.3) is 0 Å². The van der Waals surface area contributed by atoms with E-state index in [1.54, 1.807) is 0 Å². The summed E-state index contributed by atoms with van der Waals surface area (Å²) in [5.74, 6) is 0.677. The molecule has 2 rings (SSSR count). The quantitative estimate of drug-likeness (QED) is 0.166. The van der Waals surface area contributed by atoms with Crippen LogP contribution in [0.15, 0.2) is 30.3 Å². The van der Waals surface area contributed by atoms with Gasteiger partial charge >= 0.3 is 0 Å². The number of β-amino-alcohol motifs (C(OH)–C–C–N with tert-alkyl or cyclic N) is 1. The molecule has 1 unspecified atom stereocenters. The molecule has 1 saturated heterocycles. The molecule has 1 N–H and O–H groups in total. The molecule has 0 radical (unpaired) electrons. The Bertz CT molecular complexity index is 570. The van der Waals surface area contributed by atoms with Crippen LogP contribution in [0.2, 0.25) is 0 Å². The Hall–Kier alpha value is -0.900. The van der Waals surface area contributed by atoms with Crippen LogP contribution in [-0.2, 0) is 4.74 Å². The second kappa shape index (κ2) is 21.2. The minimum absolute atomic E-state index is 0.357. The van der Waals surface area contributed by atoms with E-state index < -0.39 is 0 Å². The van der Waals surface area contributed by atoms with Crippen molar-refractivity contribution in [3.8, 4) is 0 Å². The van der Waals surface area contributed by atoms with Crippen molar-refractivity contribution in [2.45, 2.75) is 135 Å². The van der Waals surface area contributed by atoms with Gasteiger partial charge in [-0.3, -0.25) is 0 Å². The number of aliphatic hydroxyl groups is 1. The molecule has 3 heteroatoms. The van der Waals surface area contributed by atoms with Crippen molar-refractivity contribution in [1.29, 1.82) is 0 Å². The van der Waals surface area contributed by atoms with Crippen LogP contribution >= 0.6 is 0 Å². The fraction of sp³-hybridized carbons (Fsp3) is 0.812. The lowest BCUT2D eigenvalue weighted by molar-refractivity contribution is 0.0115. The lowest BCUT2D eigenvalue weighted by Crippen LogP contribution is -2.39. The van der Waals surface area contributed by atoms with E-state index in [4.69, 9.17) is 4.74 Å². The summed E-state index contributed by atoms with van der Waals surface area (Å²) in [6, 6.07) is 10.9. The van der Waals surface area contributed by atoms with Gasteiger partial charge in [-0.1, -0.05) is 134 Å². The number of unbranched alkanes of at least 4 members (excludes halogenated alkanes) is 15. The first-order valence-corrected chi connectivity index (χ1v) is 15.3. The monoisotopic (exact) mass is 487 g/mol. The Morgan fingerprint density at radius 1 is 0.743 bits per heavy atom. The number of likely N-dealkylation sites (tertiary alicyclic amines) is 1. The molecular formula is C32H57NO2. The molecule has 202 valence electrons. The van der Waals surface area contributed by atoms with Crippen molar-refractivity contribution in [3.05, 3.63) is 35.9 Å².